The summed E-state index contributed by atoms with van der Waals surface area (Å²) in [5, 5.41) is 27.7. The van der Waals surface area contributed by atoms with Crippen molar-refractivity contribution in [1.29, 1.82) is 0 Å². The van der Waals surface area contributed by atoms with E-state index in [9.17, 15) is 9.90 Å². The van der Waals surface area contributed by atoms with Crippen LogP contribution in [0.2, 0.25) is 0 Å². The fraction of sp³-hybridized carbons (Fsp3) is 0.643. The number of aliphatic hydroxyl groups excluding tert-OH is 2. The van der Waals surface area contributed by atoms with Crippen LogP contribution in [0.1, 0.15) is 11.4 Å². The van der Waals surface area contributed by atoms with Crippen molar-refractivity contribution in [3.05, 3.63) is 27.7 Å². The molecule has 0 spiro atoms. The predicted octanol–water partition coefficient (Wildman–Crippen LogP) is -0.705. The predicted molar refractivity (Wildman–Crippen MR) is 78.4 cm³/mol. The van der Waals surface area contributed by atoms with Gasteiger partial charge in [-0.15, -0.1) is 0 Å². The Balaban J connectivity index is 2.97. The van der Waals surface area contributed by atoms with Crippen molar-refractivity contribution in [2.45, 2.75) is 20.0 Å². The molecule has 1 aromatic rings. The molecule has 0 saturated heterocycles. The third kappa shape index (κ3) is 5.13. The highest BCUT2D eigenvalue weighted by molar-refractivity contribution is 5.29. The van der Waals surface area contributed by atoms with Crippen molar-refractivity contribution in [1.82, 2.24) is 9.47 Å². The van der Waals surface area contributed by atoms with E-state index in [4.69, 9.17) is 14.9 Å². The minimum Gasteiger partial charge on any atom is -0.503 e. The molecule has 1 aromatic heterocycles. The Morgan fingerprint density at radius 1 is 1.29 bits per heavy atom. The molecule has 3 N–H and O–H groups in total. The number of ether oxygens (including phenoxy) is 1. The molecular weight excluding hydrogens is 276 g/mol. The molecule has 1 heterocycles. The molecule has 0 aromatic carbocycles. The van der Waals surface area contributed by atoms with E-state index in [1.165, 1.54) is 6.07 Å². The summed E-state index contributed by atoms with van der Waals surface area (Å²) in [5.41, 5.74) is 0.828. The van der Waals surface area contributed by atoms with Crippen LogP contribution in [0.25, 0.3) is 0 Å². The average Bonchev–Trinajstić information content (AvgIpc) is 2.43. The van der Waals surface area contributed by atoms with Crippen molar-refractivity contribution in [2.75, 3.05) is 40.0 Å². The van der Waals surface area contributed by atoms with Gasteiger partial charge in [0.1, 0.15) is 0 Å². The Kier molecular flexibility index (Phi) is 7.38. The van der Waals surface area contributed by atoms with E-state index >= 15 is 0 Å². The Labute approximate surface area is 124 Å². The molecule has 1 rings (SSSR count). The van der Waals surface area contributed by atoms with Crippen LogP contribution in [-0.4, -0.2) is 64.8 Å². The van der Waals surface area contributed by atoms with Crippen LogP contribution in [0.4, 0.5) is 0 Å². The standard InChI is InChI=1S/C14H24N2O5/c1-11-9-13(19)14(20)12(10-15(2)3-5-17)16(11)4-7-21-8-6-18/h9,17-18,20H,3-8,10H2,1-2H3. The van der Waals surface area contributed by atoms with Gasteiger partial charge in [0.25, 0.3) is 0 Å². The Bertz CT molecular complexity index is 501. The molecule has 0 radical (unpaired) electrons. The SMILES string of the molecule is Cc1cc(=O)c(O)c(CN(C)CCO)n1CCOCCO. The van der Waals surface area contributed by atoms with Crippen LogP contribution in [0.3, 0.4) is 0 Å². The zero-order valence-electron chi connectivity index (χ0n) is 12.6. The van der Waals surface area contributed by atoms with Crippen LogP contribution in [0.15, 0.2) is 10.9 Å². The van der Waals surface area contributed by atoms with E-state index in [1.807, 2.05) is 9.47 Å². The largest absolute Gasteiger partial charge is 0.503 e. The van der Waals surface area contributed by atoms with Gasteiger partial charge in [-0.05, 0) is 14.0 Å². The van der Waals surface area contributed by atoms with E-state index in [0.717, 1.165) is 5.69 Å². The van der Waals surface area contributed by atoms with Crippen molar-refractivity contribution >= 4 is 0 Å². The quantitative estimate of drug-likeness (QED) is 0.522. The summed E-state index contributed by atoms with van der Waals surface area (Å²) in [7, 11) is 1.80. The lowest BCUT2D eigenvalue weighted by Crippen LogP contribution is -2.27. The second-order valence-electron chi connectivity index (χ2n) is 4.89. The Hall–Kier alpha value is -1.41. The number of aromatic nitrogens is 1. The topological polar surface area (TPSA) is 95.2 Å². The lowest BCUT2D eigenvalue weighted by atomic mass is 10.2. The summed E-state index contributed by atoms with van der Waals surface area (Å²) in [5.74, 6) is -0.271. The van der Waals surface area contributed by atoms with Gasteiger partial charge in [0.2, 0.25) is 5.43 Å². The molecule has 21 heavy (non-hydrogen) atoms. The van der Waals surface area contributed by atoms with Crippen LogP contribution < -0.4 is 5.43 Å². The molecule has 0 atom stereocenters. The van der Waals surface area contributed by atoms with Crippen molar-refractivity contribution < 1.29 is 20.1 Å². The smallest absolute Gasteiger partial charge is 0.223 e. The first-order valence-electron chi connectivity index (χ1n) is 6.91. The zero-order valence-corrected chi connectivity index (χ0v) is 12.6. The summed E-state index contributed by atoms with van der Waals surface area (Å²) in [4.78, 5) is 13.6. The van der Waals surface area contributed by atoms with Crippen LogP contribution >= 0.6 is 0 Å². The first kappa shape index (κ1) is 17.6. The number of hydrogen-bond donors (Lipinski definition) is 3. The summed E-state index contributed by atoms with van der Waals surface area (Å²) in [6.45, 7) is 3.66. The molecule has 0 aliphatic rings. The number of aliphatic hydroxyl groups is 2. The Morgan fingerprint density at radius 3 is 2.62 bits per heavy atom. The van der Waals surface area contributed by atoms with E-state index in [0.29, 0.717) is 31.9 Å². The van der Waals surface area contributed by atoms with Gasteiger partial charge in [0, 0.05) is 31.4 Å². The molecule has 0 aliphatic carbocycles. The molecule has 0 amide bonds. The lowest BCUT2D eigenvalue weighted by Gasteiger charge is -2.22. The highest BCUT2D eigenvalue weighted by Crippen LogP contribution is 2.16. The van der Waals surface area contributed by atoms with Gasteiger partial charge in [-0.3, -0.25) is 9.69 Å². The second-order valence-corrected chi connectivity index (χ2v) is 4.89. The summed E-state index contributed by atoms with van der Waals surface area (Å²) in [6.07, 6.45) is 0. The second kappa shape index (κ2) is 8.78. The molecule has 0 unspecified atom stereocenters. The van der Waals surface area contributed by atoms with E-state index in [1.54, 1.807) is 14.0 Å². The van der Waals surface area contributed by atoms with Gasteiger partial charge in [-0.2, -0.15) is 0 Å². The summed E-state index contributed by atoms with van der Waals surface area (Å²) >= 11 is 0. The molecule has 7 heteroatoms. The normalized spacial score (nSPS) is 11.3. The average molecular weight is 300 g/mol. The zero-order chi connectivity index (χ0) is 15.8. The van der Waals surface area contributed by atoms with Gasteiger partial charge in [-0.1, -0.05) is 0 Å². The number of likely N-dealkylation sites (N-methyl/N-ethyl adjacent to an activating group) is 1. The minimum absolute atomic E-state index is 0.00687. The number of aryl methyl sites for hydroxylation is 1. The highest BCUT2D eigenvalue weighted by atomic mass is 16.5. The third-order valence-electron chi connectivity index (χ3n) is 3.19. The first-order valence-corrected chi connectivity index (χ1v) is 6.91. The number of hydrogen-bond acceptors (Lipinski definition) is 6. The van der Waals surface area contributed by atoms with Crippen LogP contribution in [-0.2, 0) is 17.8 Å². The monoisotopic (exact) mass is 300 g/mol. The van der Waals surface area contributed by atoms with Crippen molar-refractivity contribution in [3.63, 3.8) is 0 Å². The van der Waals surface area contributed by atoms with Crippen molar-refractivity contribution in [2.24, 2.45) is 0 Å². The molecule has 7 nitrogen and oxygen atoms in total. The maximum atomic E-state index is 11.7. The number of pyridine rings is 1. The summed E-state index contributed by atoms with van der Waals surface area (Å²) < 4.78 is 7.06. The maximum Gasteiger partial charge on any atom is 0.223 e. The van der Waals surface area contributed by atoms with Crippen LogP contribution in [0, 0.1) is 6.92 Å². The molecule has 0 bridgehead atoms. The van der Waals surface area contributed by atoms with Gasteiger partial charge >= 0.3 is 0 Å². The maximum absolute atomic E-state index is 11.7. The summed E-state index contributed by atoms with van der Waals surface area (Å²) in [6, 6.07) is 1.39. The molecular formula is C14H24N2O5. The molecule has 0 aliphatic heterocycles. The van der Waals surface area contributed by atoms with Gasteiger partial charge in [0.15, 0.2) is 5.75 Å². The van der Waals surface area contributed by atoms with E-state index in [-0.39, 0.29) is 25.6 Å². The van der Waals surface area contributed by atoms with E-state index < -0.39 is 5.43 Å². The number of nitrogens with zero attached hydrogens (tertiary/aromatic N) is 2. The lowest BCUT2D eigenvalue weighted by molar-refractivity contribution is 0.0857. The molecule has 0 saturated carbocycles. The molecule has 120 valence electrons. The number of rotatable bonds is 9. The fourth-order valence-electron chi connectivity index (χ4n) is 2.12. The van der Waals surface area contributed by atoms with Gasteiger partial charge < -0.3 is 24.6 Å². The van der Waals surface area contributed by atoms with Crippen molar-refractivity contribution in [3.8, 4) is 5.75 Å². The van der Waals surface area contributed by atoms with E-state index in [2.05, 4.69) is 0 Å². The van der Waals surface area contributed by atoms with Gasteiger partial charge in [0.05, 0.1) is 32.1 Å². The fourth-order valence-corrected chi connectivity index (χ4v) is 2.12. The first-order chi connectivity index (χ1) is 10.0. The number of aromatic hydroxyl groups is 1. The van der Waals surface area contributed by atoms with Gasteiger partial charge in [-0.25, -0.2) is 0 Å². The third-order valence-corrected chi connectivity index (χ3v) is 3.19. The molecule has 0 fully saturated rings. The Morgan fingerprint density at radius 2 is 2.00 bits per heavy atom. The minimum atomic E-state index is -0.410. The highest BCUT2D eigenvalue weighted by Gasteiger charge is 2.14. The van der Waals surface area contributed by atoms with Crippen LogP contribution in [0.5, 0.6) is 5.75 Å².